The first-order valence-electron chi connectivity index (χ1n) is 9.81. The summed E-state index contributed by atoms with van der Waals surface area (Å²) < 4.78 is 17.5. The summed E-state index contributed by atoms with van der Waals surface area (Å²) >= 11 is 0. The van der Waals surface area contributed by atoms with Crippen LogP contribution in [0.15, 0.2) is 55.1 Å². The maximum absolute atomic E-state index is 14.3. The van der Waals surface area contributed by atoms with Gasteiger partial charge in [0.25, 0.3) is 0 Å². The number of hydrogen-bond donors (Lipinski definition) is 0. The van der Waals surface area contributed by atoms with Crippen LogP contribution in [-0.2, 0) is 0 Å². The number of Topliss-reactive ketones (excluding diaryl/α,β-unsaturated/α-hetero) is 1. The molecular weight excluding hydrogens is 383 g/mol. The Hall–Kier alpha value is -3.68. The number of rotatable bonds is 6. The SMILES string of the molecule is Cc1nnn(-c2ccccc2F)c1-c1cn(-c2ccc(C(=O)CC3CC3)cn2)cn1. The van der Waals surface area contributed by atoms with Crippen LogP contribution in [0.4, 0.5) is 4.39 Å². The molecule has 30 heavy (non-hydrogen) atoms. The van der Waals surface area contributed by atoms with Crippen molar-refractivity contribution in [2.45, 2.75) is 26.2 Å². The van der Waals surface area contributed by atoms with Crippen molar-refractivity contribution in [3.05, 3.63) is 72.2 Å². The second-order valence-corrected chi connectivity index (χ2v) is 7.53. The number of carbonyl (C=O) groups is 1. The van der Waals surface area contributed by atoms with Crippen molar-refractivity contribution in [1.29, 1.82) is 0 Å². The van der Waals surface area contributed by atoms with Crippen LogP contribution in [0.1, 0.15) is 35.3 Å². The van der Waals surface area contributed by atoms with Crippen LogP contribution in [0.5, 0.6) is 0 Å². The van der Waals surface area contributed by atoms with E-state index in [1.807, 2.05) is 0 Å². The van der Waals surface area contributed by atoms with E-state index in [2.05, 4.69) is 20.3 Å². The van der Waals surface area contributed by atoms with Gasteiger partial charge < -0.3 is 0 Å². The molecule has 0 aliphatic heterocycles. The molecule has 1 aromatic carbocycles. The van der Waals surface area contributed by atoms with Gasteiger partial charge in [0, 0.05) is 24.4 Å². The fourth-order valence-electron chi connectivity index (χ4n) is 3.42. The van der Waals surface area contributed by atoms with Crippen LogP contribution < -0.4 is 0 Å². The minimum absolute atomic E-state index is 0.137. The average Bonchev–Trinajstić information content (AvgIpc) is 3.29. The van der Waals surface area contributed by atoms with Gasteiger partial charge in [-0.2, -0.15) is 0 Å². The number of nitrogens with zero attached hydrogens (tertiary/aromatic N) is 6. The number of aryl methyl sites for hydroxylation is 1. The third-order valence-corrected chi connectivity index (χ3v) is 5.25. The lowest BCUT2D eigenvalue weighted by Crippen LogP contribution is -2.03. The normalized spacial score (nSPS) is 13.5. The molecule has 0 N–H and O–H groups in total. The summed E-state index contributed by atoms with van der Waals surface area (Å²) in [6, 6.07) is 9.98. The molecule has 1 fully saturated rings. The van der Waals surface area contributed by atoms with Crippen molar-refractivity contribution >= 4 is 5.78 Å². The highest BCUT2D eigenvalue weighted by atomic mass is 19.1. The van der Waals surface area contributed by atoms with E-state index in [1.54, 1.807) is 60.5 Å². The summed E-state index contributed by atoms with van der Waals surface area (Å²) in [6.07, 6.45) is 7.91. The van der Waals surface area contributed by atoms with Gasteiger partial charge in [-0.25, -0.2) is 19.0 Å². The van der Waals surface area contributed by atoms with E-state index >= 15 is 0 Å². The topological polar surface area (TPSA) is 78.5 Å². The van der Waals surface area contributed by atoms with Gasteiger partial charge in [-0.15, -0.1) is 5.10 Å². The smallest absolute Gasteiger partial charge is 0.164 e. The molecule has 1 aliphatic carbocycles. The van der Waals surface area contributed by atoms with E-state index in [0.717, 1.165) is 12.8 Å². The van der Waals surface area contributed by atoms with Crippen LogP contribution in [0.25, 0.3) is 22.9 Å². The third-order valence-electron chi connectivity index (χ3n) is 5.25. The Morgan fingerprint density at radius 3 is 2.73 bits per heavy atom. The first kappa shape index (κ1) is 18.4. The lowest BCUT2D eigenvalue weighted by Gasteiger charge is -2.06. The summed E-state index contributed by atoms with van der Waals surface area (Å²) in [5.41, 5.74) is 2.77. The summed E-state index contributed by atoms with van der Waals surface area (Å²) in [5.74, 6) is 0.929. The Morgan fingerprint density at radius 2 is 2.00 bits per heavy atom. The third kappa shape index (κ3) is 3.41. The molecule has 0 atom stereocenters. The predicted octanol–water partition coefficient (Wildman–Crippen LogP) is 3.95. The van der Waals surface area contributed by atoms with Crippen molar-refractivity contribution in [1.82, 2.24) is 29.5 Å². The van der Waals surface area contributed by atoms with E-state index in [0.29, 0.717) is 46.5 Å². The first-order chi connectivity index (χ1) is 14.6. The lowest BCUT2D eigenvalue weighted by atomic mass is 10.1. The number of imidazole rings is 1. The molecule has 1 aliphatic rings. The molecule has 3 aromatic heterocycles. The van der Waals surface area contributed by atoms with Crippen molar-refractivity contribution in [2.24, 2.45) is 5.92 Å². The molecule has 8 heteroatoms. The fourth-order valence-corrected chi connectivity index (χ4v) is 3.42. The minimum Gasteiger partial charge on any atom is -0.294 e. The van der Waals surface area contributed by atoms with Gasteiger partial charge in [0.1, 0.15) is 35.0 Å². The zero-order valence-electron chi connectivity index (χ0n) is 16.4. The minimum atomic E-state index is -0.392. The van der Waals surface area contributed by atoms with E-state index in [1.165, 1.54) is 10.7 Å². The number of ketones is 1. The monoisotopic (exact) mass is 402 g/mol. The molecule has 0 bridgehead atoms. The van der Waals surface area contributed by atoms with E-state index in [-0.39, 0.29) is 5.78 Å². The van der Waals surface area contributed by atoms with Gasteiger partial charge in [-0.1, -0.05) is 17.3 Å². The van der Waals surface area contributed by atoms with Crippen LogP contribution in [0.3, 0.4) is 0 Å². The molecule has 0 saturated heterocycles. The molecule has 3 heterocycles. The summed E-state index contributed by atoms with van der Waals surface area (Å²) in [4.78, 5) is 21.1. The molecule has 0 amide bonds. The summed E-state index contributed by atoms with van der Waals surface area (Å²) in [7, 11) is 0. The van der Waals surface area contributed by atoms with Crippen molar-refractivity contribution < 1.29 is 9.18 Å². The van der Waals surface area contributed by atoms with E-state index in [4.69, 9.17) is 0 Å². The van der Waals surface area contributed by atoms with Crippen LogP contribution in [-0.4, -0.2) is 35.3 Å². The number of aromatic nitrogens is 6. The molecule has 0 radical (unpaired) electrons. The zero-order valence-corrected chi connectivity index (χ0v) is 16.4. The standard InChI is InChI=1S/C22H19FN6O/c1-14-22(29(27-26-14)19-5-3-2-4-17(19)23)18-12-28(13-25-18)21-9-8-16(11-24-21)20(30)10-15-6-7-15/h2-5,8-9,11-13,15H,6-7,10H2,1H3. The Balaban J connectivity index is 1.45. The number of para-hydroxylation sites is 1. The number of pyridine rings is 1. The summed E-state index contributed by atoms with van der Waals surface area (Å²) in [5, 5.41) is 8.19. The van der Waals surface area contributed by atoms with E-state index in [9.17, 15) is 9.18 Å². The average molecular weight is 402 g/mol. The van der Waals surface area contributed by atoms with Crippen LogP contribution >= 0.6 is 0 Å². The van der Waals surface area contributed by atoms with Crippen molar-refractivity contribution in [3.8, 4) is 22.9 Å². The Bertz CT molecular complexity index is 1220. The summed E-state index contributed by atoms with van der Waals surface area (Å²) in [6.45, 7) is 1.80. The highest BCUT2D eigenvalue weighted by Crippen LogP contribution is 2.33. The molecule has 7 nitrogen and oxygen atoms in total. The molecule has 0 unspecified atom stereocenters. The number of hydrogen-bond acceptors (Lipinski definition) is 5. The molecule has 4 aromatic rings. The zero-order chi connectivity index (χ0) is 20.7. The number of carbonyl (C=O) groups excluding carboxylic acids is 1. The Kier molecular flexibility index (Phi) is 4.46. The van der Waals surface area contributed by atoms with E-state index < -0.39 is 5.82 Å². The van der Waals surface area contributed by atoms with Gasteiger partial charge in [-0.05, 0) is 49.9 Å². The maximum Gasteiger partial charge on any atom is 0.164 e. The van der Waals surface area contributed by atoms with Crippen LogP contribution in [0.2, 0.25) is 0 Å². The van der Waals surface area contributed by atoms with Crippen molar-refractivity contribution in [3.63, 3.8) is 0 Å². The largest absolute Gasteiger partial charge is 0.294 e. The molecular formula is C22H19FN6O. The Morgan fingerprint density at radius 1 is 1.17 bits per heavy atom. The van der Waals surface area contributed by atoms with Gasteiger partial charge >= 0.3 is 0 Å². The maximum atomic E-state index is 14.3. The molecule has 0 spiro atoms. The quantitative estimate of drug-likeness (QED) is 0.457. The molecule has 150 valence electrons. The van der Waals surface area contributed by atoms with Crippen molar-refractivity contribution in [2.75, 3.05) is 0 Å². The number of halogens is 1. The highest BCUT2D eigenvalue weighted by Gasteiger charge is 2.25. The van der Waals surface area contributed by atoms with Gasteiger partial charge in [-0.3, -0.25) is 9.36 Å². The van der Waals surface area contributed by atoms with Gasteiger partial charge in [0.2, 0.25) is 0 Å². The van der Waals surface area contributed by atoms with Crippen LogP contribution in [0, 0.1) is 18.7 Å². The Labute approximate surface area is 172 Å². The molecule has 1 saturated carbocycles. The second kappa shape index (κ2) is 7.29. The van der Waals surface area contributed by atoms with Gasteiger partial charge in [0.05, 0.1) is 5.69 Å². The fraction of sp³-hybridized carbons (Fsp3) is 0.227. The van der Waals surface area contributed by atoms with Gasteiger partial charge in [0.15, 0.2) is 5.78 Å². The number of benzene rings is 1. The first-order valence-corrected chi connectivity index (χ1v) is 9.81. The highest BCUT2D eigenvalue weighted by molar-refractivity contribution is 5.96. The molecule has 5 rings (SSSR count). The lowest BCUT2D eigenvalue weighted by molar-refractivity contribution is 0.0975. The predicted molar refractivity (Wildman–Crippen MR) is 108 cm³/mol. The second-order valence-electron chi connectivity index (χ2n) is 7.53.